The highest BCUT2D eigenvalue weighted by atomic mass is 32.1. The Morgan fingerprint density at radius 1 is 1.45 bits per heavy atom. The number of piperazine rings is 1. The van der Waals surface area contributed by atoms with E-state index < -0.39 is 0 Å². The molecule has 1 atom stereocenters. The molecule has 3 rings (SSSR count). The van der Waals surface area contributed by atoms with E-state index in [9.17, 15) is 9.59 Å². The summed E-state index contributed by atoms with van der Waals surface area (Å²) in [5.41, 5.74) is 0.527. The summed E-state index contributed by atoms with van der Waals surface area (Å²) >= 11 is 1.33. The zero-order valence-corrected chi connectivity index (χ0v) is 13.0. The third-order valence-electron chi connectivity index (χ3n) is 3.52. The van der Waals surface area contributed by atoms with Crippen molar-refractivity contribution in [2.45, 2.75) is 13.0 Å². The molecule has 2 N–H and O–H groups in total. The number of thiophene rings is 1. The standard InChI is InChI=1S/C15H17N3O3S/c1-10-9-18(6-5-16-10)15(20)11-4-8-22-14(11)17-13(19)12-3-2-7-21-12/h2-4,7-8,10,16H,5-6,9H2,1H3,(H,17,19). The van der Waals surface area contributed by atoms with E-state index in [2.05, 4.69) is 10.6 Å². The largest absolute Gasteiger partial charge is 0.459 e. The fraction of sp³-hybridized carbons (Fsp3) is 0.333. The molecule has 2 aromatic heterocycles. The molecule has 1 aliphatic rings. The molecule has 22 heavy (non-hydrogen) atoms. The van der Waals surface area contributed by atoms with Gasteiger partial charge in [-0.05, 0) is 30.5 Å². The van der Waals surface area contributed by atoms with E-state index in [-0.39, 0.29) is 23.6 Å². The van der Waals surface area contributed by atoms with Gasteiger partial charge in [-0.1, -0.05) is 0 Å². The van der Waals surface area contributed by atoms with Gasteiger partial charge in [0.05, 0.1) is 11.8 Å². The number of hydrogen-bond acceptors (Lipinski definition) is 5. The van der Waals surface area contributed by atoms with Crippen LogP contribution in [0, 0.1) is 0 Å². The monoisotopic (exact) mass is 319 g/mol. The van der Waals surface area contributed by atoms with Crippen molar-refractivity contribution in [3.05, 3.63) is 41.2 Å². The highest BCUT2D eigenvalue weighted by molar-refractivity contribution is 7.14. The number of carbonyl (C=O) groups is 2. The summed E-state index contributed by atoms with van der Waals surface area (Å²) in [6.45, 7) is 4.17. The van der Waals surface area contributed by atoms with Gasteiger partial charge in [0.1, 0.15) is 5.00 Å². The molecule has 1 saturated heterocycles. The molecule has 1 fully saturated rings. The van der Waals surface area contributed by atoms with Gasteiger partial charge in [-0.3, -0.25) is 9.59 Å². The second-order valence-electron chi connectivity index (χ2n) is 5.20. The van der Waals surface area contributed by atoms with E-state index in [1.165, 1.54) is 17.6 Å². The second kappa shape index (κ2) is 6.33. The summed E-state index contributed by atoms with van der Waals surface area (Å²) in [6.07, 6.45) is 1.44. The first-order chi connectivity index (χ1) is 10.6. The van der Waals surface area contributed by atoms with Gasteiger partial charge in [-0.2, -0.15) is 0 Å². The SMILES string of the molecule is CC1CN(C(=O)c2ccsc2NC(=O)c2ccco2)CCN1. The van der Waals surface area contributed by atoms with E-state index in [0.717, 1.165) is 6.54 Å². The predicted molar refractivity (Wildman–Crippen MR) is 84.3 cm³/mol. The number of furan rings is 1. The van der Waals surface area contributed by atoms with Gasteiger partial charge in [0.2, 0.25) is 0 Å². The first kappa shape index (κ1) is 14.8. The van der Waals surface area contributed by atoms with E-state index >= 15 is 0 Å². The first-order valence-electron chi connectivity index (χ1n) is 7.10. The number of amides is 2. The van der Waals surface area contributed by atoms with Crippen molar-refractivity contribution in [1.82, 2.24) is 10.2 Å². The summed E-state index contributed by atoms with van der Waals surface area (Å²) in [5, 5.41) is 8.41. The van der Waals surface area contributed by atoms with Crippen LogP contribution in [0.15, 0.2) is 34.3 Å². The van der Waals surface area contributed by atoms with Crippen molar-refractivity contribution in [2.24, 2.45) is 0 Å². The average molecular weight is 319 g/mol. The topological polar surface area (TPSA) is 74.6 Å². The third kappa shape index (κ3) is 3.05. The van der Waals surface area contributed by atoms with Crippen LogP contribution < -0.4 is 10.6 Å². The van der Waals surface area contributed by atoms with Crippen molar-refractivity contribution < 1.29 is 14.0 Å². The van der Waals surface area contributed by atoms with E-state index in [4.69, 9.17) is 4.42 Å². The highest BCUT2D eigenvalue weighted by Gasteiger charge is 2.25. The molecule has 1 aliphatic heterocycles. The van der Waals surface area contributed by atoms with Crippen LogP contribution in [0.4, 0.5) is 5.00 Å². The summed E-state index contributed by atoms with van der Waals surface area (Å²) in [6, 6.07) is 5.26. The Morgan fingerprint density at radius 3 is 3.05 bits per heavy atom. The van der Waals surface area contributed by atoms with Crippen LogP contribution >= 0.6 is 11.3 Å². The van der Waals surface area contributed by atoms with E-state index in [1.807, 2.05) is 11.8 Å². The molecule has 116 valence electrons. The minimum Gasteiger partial charge on any atom is -0.459 e. The van der Waals surface area contributed by atoms with Crippen LogP contribution in [-0.2, 0) is 0 Å². The Bertz CT molecular complexity index is 665. The molecule has 0 radical (unpaired) electrons. The van der Waals surface area contributed by atoms with Crippen LogP contribution in [0.2, 0.25) is 0 Å². The van der Waals surface area contributed by atoms with E-state index in [1.54, 1.807) is 23.6 Å². The Kier molecular flexibility index (Phi) is 4.26. The molecule has 6 nitrogen and oxygen atoms in total. The van der Waals surface area contributed by atoms with Gasteiger partial charge in [-0.25, -0.2) is 0 Å². The van der Waals surface area contributed by atoms with Gasteiger partial charge in [0, 0.05) is 25.7 Å². The van der Waals surface area contributed by atoms with Crippen LogP contribution in [0.25, 0.3) is 0 Å². The Labute approximate surface area is 132 Å². The smallest absolute Gasteiger partial charge is 0.291 e. The molecule has 0 aliphatic carbocycles. The van der Waals surface area contributed by atoms with Gasteiger partial charge in [0.25, 0.3) is 11.8 Å². The maximum atomic E-state index is 12.6. The quantitative estimate of drug-likeness (QED) is 0.908. The molecule has 1 unspecified atom stereocenters. The molecule has 2 aromatic rings. The predicted octanol–water partition coefficient (Wildman–Crippen LogP) is 2.03. The number of carbonyl (C=O) groups excluding carboxylic acids is 2. The molecule has 0 aromatic carbocycles. The maximum Gasteiger partial charge on any atom is 0.291 e. The van der Waals surface area contributed by atoms with Crippen LogP contribution in [0.1, 0.15) is 27.8 Å². The summed E-state index contributed by atoms with van der Waals surface area (Å²) in [7, 11) is 0. The highest BCUT2D eigenvalue weighted by Crippen LogP contribution is 2.25. The van der Waals surface area contributed by atoms with Crippen LogP contribution in [-0.4, -0.2) is 42.4 Å². The van der Waals surface area contributed by atoms with Crippen LogP contribution in [0.5, 0.6) is 0 Å². The lowest BCUT2D eigenvalue weighted by molar-refractivity contribution is 0.0710. The first-order valence-corrected chi connectivity index (χ1v) is 7.98. The van der Waals surface area contributed by atoms with Gasteiger partial charge in [-0.15, -0.1) is 11.3 Å². The molecular weight excluding hydrogens is 302 g/mol. The molecule has 0 bridgehead atoms. The van der Waals surface area contributed by atoms with Crippen molar-refractivity contribution in [1.29, 1.82) is 0 Å². The Balaban J connectivity index is 1.74. The minimum atomic E-state index is -0.352. The molecule has 0 saturated carbocycles. The van der Waals surface area contributed by atoms with Crippen molar-refractivity contribution in [2.75, 3.05) is 25.0 Å². The van der Waals surface area contributed by atoms with Crippen molar-refractivity contribution in [3.63, 3.8) is 0 Å². The fourth-order valence-corrected chi connectivity index (χ4v) is 3.21. The fourth-order valence-electron chi connectivity index (χ4n) is 2.43. The van der Waals surface area contributed by atoms with Gasteiger partial charge >= 0.3 is 0 Å². The lowest BCUT2D eigenvalue weighted by atomic mass is 10.2. The number of anilines is 1. The minimum absolute atomic E-state index is 0.0515. The molecule has 7 heteroatoms. The number of hydrogen-bond donors (Lipinski definition) is 2. The van der Waals surface area contributed by atoms with E-state index in [0.29, 0.717) is 23.7 Å². The Hall–Kier alpha value is -2.12. The molecular formula is C15H17N3O3S. The lowest BCUT2D eigenvalue weighted by Gasteiger charge is -2.31. The average Bonchev–Trinajstić information content (AvgIpc) is 3.18. The van der Waals surface area contributed by atoms with Crippen molar-refractivity contribution in [3.8, 4) is 0 Å². The summed E-state index contributed by atoms with van der Waals surface area (Å²) < 4.78 is 5.06. The van der Waals surface area contributed by atoms with Crippen LogP contribution in [0.3, 0.4) is 0 Å². The van der Waals surface area contributed by atoms with Gasteiger partial charge < -0.3 is 20.0 Å². The number of rotatable bonds is 3. The number of nitrogens with zero attached hydrogens (tertiary/aromatic N) is 1. The Morgan fingerprint density at radius 2 is 2.32 bits per heavy atom. The second-order valence-corrected chi connectivity index (χ2v) is 6.12. The third-order valence-corrected chi connectivity index (χ3v) is 4.35. The maximum absolute atomic E-state index is 12.6. The summed E-state index contributed by atoms with van der Waals surface area (Å²) in [5.74, 6) is -0.179. The summed E-state index contributed by atoms with van der Waals surface area (Å²) in [4.78, 5) is 26.5. The zero-order chi connectivity index (χ0) is 15.5. The zero-order valence-electron chi connectivity index (χ0n) is 12.2. The van der Waals surface area contributed by atoms with Crippen molar-refractivity contribution >= 4 is 28.2 Å². The molecule has 2 amide bonds. The molecule has 3 heterocycles. The lowest BCUT2D eigenvalue weighted by Crippen LogP contribution is -2.51. The molecule has 0 spiro atoms. The number of nitrogens with one attached hydrogen (secondary N) is 2. The van der Waals surface area contributed by atoms with Gasteiger partial charge in [0.15, 0.2) is 5.76 Å². The normalized spacial score (nSPS) is 18.2.